The lowest BCUT2D eigenvalue weighted by molar-refractivity contribution is -0.254. The number of amides is 3. The molecule has 0 bridgehead atoms. The number of ether oxygens (including phenoxy) is 2. The number of hydrogen-bond donors (Lipinski definition) is 5. The number of nitrogens with zero attached hydrogens (tertiary/aromatic N) is 1. The molecule has 0 aromatic rings. The van der Waals surface area contributed by atoms with Gasteiger partial charge in [0, 0.05) is 64.3 Å². The zero-order valence-corrected chi connectivity index (χ0v) is 46.7. The van der Waals surface area contributed by atoms with Crippen LogP contribution in [0, 0.1) is 35.4 Å². The largest absolute Gasteiger partial charge is 0.481 e. The highest BCUT2D eigenvalue weighted by atomic mass is 35.5. The van der Waals surface area contributed by atoms with Gasteiger partial charge in [-0.1, -0.05) is 89.1 Å². The molecule has 0 radical (unpaired) electrons. The van der Waals surface area contributed by atoms with Gasteiger partial charge in [-0.25, -0.2) is 19.4 Å². The Balaban J connectivity index is -0.000000127. The number of aliphatic carboxylic acids is 2. The van der Waals surface area contributed by atoms with E-state index in [0.29, 0.717) is 0 Å². The molecule has 11 atom stereocenters. The molecule has 3 amide bonds. The first-order valence-electron chi connectivity index (χ1n) is 25.3. The lowest BCUT2D eigenvalue weighted by Crippen LogP contribution is -2.41. The van der Waals surface area contributed by atoms with Crippen LogP contribution in [-0.4, -0.2) is 143 Å². The van der Waals surface area contributed by atoms with Crippen molar-refractivity contribution < 1.29 is 105 Å². The Labute approximate surface area is 436 Å². The van der Waals surface area contributed by atoms with Crippen LogP contribution >= 0.6 is 19.2 Å². The van der Waals surface area contributed by atoms with Gasteiger partial charge in [0.05, 0.1) is 35.7 Å². The van der Waals surface area contributed by atoms with Crippen LogP contribution in [0.4, 0.5) is 0 Å². The van der Waals surface area contributed by atoms with Gasteiger partial charge in [-0.2, -0.15) is 4.89 Å². The molecule has 0 saturated heterocycles. The number of allylic oxidation sites excluding steroid dienone is 1. The Hall–Kier alpha value is -4.51. The first-order chi connectivity index (χ1) is 35.5. The molecule has 7 unspecified atom stereocenters. The number of aldehydes is 1. The van der Waals surface area contributed by atoms with Crippen molar-refractivity contribution in [3.05, 3.63) is 11.7 Å². The maximum atomic E-state index is 11.6. The van der Waals surface area contributed by atoms with E-state index in [2.05, 4.69) is 55.4 Å². The van der Waals surface area contributed by atoms with Gasteiger partial charge < -0.3 is 49.9 Å². The summed E-state index contributed by atoms with van der Waals surface area (Å²) in [6.07, 6.45) is -1.54. The van der Waals surface area contributed by atoms with E-state index in [1.807, 2.05) is 0 Å². The standard InChI is InChI=1S/C9H17NO3.C9H15NO3.2C6H13NO2.C6H13O6P.C4H8O2.C4H8O.CH3Cl/c2*1-6(2)5-8(9(12)13-4)10-7(3)11;1-5(2)6(8)7(3)9-4;1-4(2)3-5(7)6(8)9;1-5(6(7)12-9-2)13(8,10-3)11-4;1-3(2)4(5)6;1-4(2)3-5;1-2/h6,8H,5H2,1-4H3,(H,10,11);5-6H,1-4H3,(H,10,11);5H,1-4H3;4-5H,3,7H2,1-2H3,(H,8,9);5H,1-4H3;3H,1-2H3,(H,5,6);3-4H,1-2H3;1H3/b;8-5-;;;;;;/t8-;;;5-;;;;/m0..0..../s1/i1+1,5+1D,6D,10-1;1+1,5+1D,6D,10+1;1+1,5D,6+1;1+1,3+1D,4D,7-1;;1+1,3D,4+1;1+1,3+1D,4D;/t5-,6?,8-;;;3-,4?,5-;;;;. The number of methoxy groups -OCH3 is 2. The molecule has 416 valence electrons. The summed E-state index contributed by atoms with van der Waals surface area (Å²) < 4.78 is 102. The number of carbonyl (C=O) groups excluding carboxylic acids is 7. The minimum absolute atomic E-state index is 0.287. The molecule has 0 spiro atoms. The number of carbonyl (C=O) groups is 9. The lowest BCUT2D eigenvalue weighted by atomic mass is 10.2. The summed E-state index contributed by atoms with van der Waals surface area (Å²) in [6, 6.07) is -2.66. The van der Waals surface area contributed by atoms with Crippen LogP contribution in [0.5, 0.6) is 0 Å². The number of carboxylic acids is 2. The van der Waals surface area contributed by atoms with E-state index in [4.69, 9.17) is 29.7 Å². The van der Waals surface area contributed by atoms with Crippen molar-refractivity contribution in [3.63, 3.8) is 0 Å². The van der Waals surface area contributed by atoms with Gasteiger partial charge in [0.1, 0.15) is 25.4 Å². The van der Waals surface area contributed by atoms with E-state index in [0.717, 1.165) is 12.2 Å². The monoisotopic (exact) mass is 1080 g/mol. The van der Waals surface area contributed by atoms with Crippen molar-refractivity contribution in [2.24, 2.45) is 41.1 Å². The molecule has 0 aliphatic heterocycles. The highest BCUT2D eigenvalue weighted by molar-refractivity contribution is 7.55. The number of nitrogens with one attached hydrogen (secondary N) is 2. The SMILES string of the molecule is CCl.COOC(=O)C(C)P(=O)(OC)OC.[2H]/[13C](=C(/[15NH]C(C)=O)C(=O)OC)C([2H])(C)[13CH3].[2H]C(C)([13CH3])[13C](=O)N(C)OC.[2H]C(C)([13CH3])[13C](=O)O.[2H][13C@H]([C@H]([13NH2])C(=O)O)C([2H])(C)[13CH3].[2H][13C@H]([C@H]([13NH]C(C)=O)C(=O)OC)C([2H])(C)[13CH3].[2H][13C](=O)C([2H])(C)[13CH3]. The zero-order valence-electron chi connectivity index (χ0n) is 55.1. The van der Waals surface area contributed by atoms with Gasteiger partial charge in [-0.3, -0.25) is 38.3 Å². The number of alkyl halides is 1. The average Bonchev–Trinajstić information content (AvgIpc) is 3.32. The second kappa shape index (κ2) is 50.9. The number of rotatable bonds is 19. The molecule has 70 heavy (non-hydrogen) atoms. The van der Waals surface area contributed by atoms with E-state index in [1.54, 1.807) is 0 Å². The van der Waals surface area contributed by atoms with E-state index < -0.39 is 121 Å². The van der Waals surface area contributed by atoms with Crippen LogP contribution in [0.3, 0.4) is 0 Å². The third-order valence-corrected chi connectivity index (χ3v) is 8.46. The lowest BCUT2D eigenvalue weighted by Gasteiger charge is -2.17. The maximum Gasteiger partial charge on any atom is 0.357 e. The van der Waals surface area contributed by atoms with Crippen LogP contribution in [0.15, 0.2) is 11.7 Å². The Morgan fingerprint density at radius 3 is 1.37 bits per heavy atom. The minimum Gasteiger partial charge on any atom is -0.481 e. The Kier molecular flexibility index (Phi) is 43.5. The summed E-state index contributed by atoms with van der Waals surface area (Å²) in [6.45, 7) is 21.1. The molecule has 0 heterocycles. The smallest absolute Gasteiger partial charge is 0.357 e. The molecule has 0 rings (SSSR count). The summed E-state index contributed by atoms with van der Waals surface area (Å²) in [5.41, 5.74) is 3.84. The Bertz CT molecular complexity index is 1960. The minimum atomic E-state index is -3.41. The summed E-state index contributed by atoms with van der Waals surface area (Å²) in [4.78, 5) is 109. The van der Waals surface area contributed by atoms with Gasteiger partial charge >= 0.3 is 37.4 Å². The second-order valence-corrected chi connectivity index (χ2v) is 16.9. The van der Waals surface area contributed by atoms with Crippen LogP contribution in [0.25, 0.3) is 0 Å². The number of hydroxylamine groups is 2. The molecule has 0 fully saturated rings. The van der Waals surface area contributed by atoms with Gasteiger partial charge in [0.15, 0.2) is 5.66 Å². The van der Waals surface area contributed by atoms with Crippen molar-refractivity contribution in [1.82, 2.24) is 15.7 Å². The van der Waals surface area contributed by atoms with Gasteiger partial charge in [0.25, 0.3) is 0 Å². The highest BCUT2D eigenvalue weighted by Crippen LogP contribution is 2.51. The van der Waals surface area contributed by atoms with E-state index >= 15 is 0 Å². The molecule has 0 aliphatic carbocycles. The highest BCUT2D eigenvalue weighted by Gasteiger charge is 2.37. The Morgan fingerprint density at radius 2 is 1.17 bits per heavy atom. The van der Waals surface area contributed by atoms with Crippen molar-refractivity contribution in [3.8, 4) is 0 Å². The number of nitrogens with two attached hydrogens (primary N) is 1. The predicted octanol–water partition coefficient (Wildman–Crippen LogP) is 6.04. The van der Waals surface area contributed by atoms with E-state index in [1.165, 1.54) is 153 Å². The number of hydrogen-bond acceptors (Lipinski definition) is 18. The van der Waals surface area contributed by atoms with Gasteiger partial charge in [-0.05, 0) is 37.4 Å². The first-order valence-corrected chi connectivity index (χ1v) is 22.5. The number of carboxylic acid groups (broad SMARTS) is 2. The van der Waals surface area contributed by atoms with Crippen LogP contribution in [-0.2, 0) is 80.8 Å². The summed E-state index contributed by atoms with van der Waals surface area (Å²) >= 11 is 4.64. The fraction of sp³-hybridized carbons (Fsp3) is 0.756. The third-order valence-electron chi connectivity index (χ3n) is 6.29. The van der Waals surface area contributed by atoms with Crippen molar-refractivity contribution in [2.75, 3.05) is 56.1 Å². The van der Waals surface area contributed by atoms with Crippen LogP contribution in [0.1, 0.15) is 130 Å². The van der Waals surface area contributed by atoms with E-state index in [9.17, 15) is 47.7 Å². The average molecular weight is 1080 g/mol. The molecule has 0 aromatic heterocycles. The van der Waals surface area contributed by atoms with Crippen LogP contribution in [0.2, 0.25) is 0 Å². The molecular formula is C45H90ClN4O19P. The van der Waals surface area contributed by atoms with Gasteiger partial charge in [0.2, 0.25) is 17.7 Å². The quantitative estimate of drug-likeness (QED) is 0.0113. The summed E-state index contributed by atoms with van der Waals surface area (Å²) in [5.74, 6) is -13.1. The number of esters is 2. The second-order valence-electron chi connectivity index (χ2n) is 14.3. The molecule has 6 N–H and O–H groups in total. The van der Waals surface area contributed by atoms with Crippen LogP contribution < -0.4 is 16.4 Å². The predicted molar refractivity (Wildman–Crippen MR) is 267 cm³/mol. The molecule has 0 aromatic carbocycles. The Morgan fingerprint density at radius 1 is 0.757 bits per heavy atom. The van der Waals surface area contributed by atoms with Crippen molar-refractivity contribution in [1.29, 1.82) is 0 Å². The van der Waals surface area contributed by atoms with Gasteiger partial charge in [-0.15, -0.1) is 11.6 Å². The molecule has 0 saturated carbocycles. The maximum absolute atomic E-state index is 11.6. The first kappa shape index (κ1) is 59.8. The topological polar surface area (TPSA) is 329 Å². The molecule has 23 nitrogen and oxygen atoms in total. The third kappa shape index (κ3) is 56.1. The summed E-state index contributed by atoms with van der Waals surface area (Å²) in [7, 11) is 5.36. The molecular weight excluding hydrogens is 978 g/mol. The molecule has 0 aliphatic rings. The normalized spacial score (nSPS) is 19.6. The fourth-order valence-corrected chi connectivity index (χ4v) is 4.09. The fourth-order valence-electron chi connectivity index (χ4n) is 3.01. The van der Waals surface area contributed by atoms with E-state index in [-0.39, 0.29) is 17.7 Å². The number of halogens is 1. The van der Waals surface area contributed by atoms with Crippen molar-refractivity contribution >= 4 is 73.0 Å². The zero-order chi connectivity index (χ0) is 66.7. The summed E-state index contributed by atoms with van der Waals surface area (Å²) in [5, 5.41) is 22.0. The van der Waals surface area contributed by atoms with Crippen molar-refractivity contribution in [2.45, 2.75) is 134 Å². The molecule has 25 heteroatoms.